The van der Waals surface area contributed by atoms with E-state index in [1.807, 2.05) is 29.5 Å². The number of aromatic nitrogens is 2. The van der Waals surface area contributed by atoms with Crippen LogP contribution in [0.2, 0.25) is 0 Å². The Hall–Kier alpha value is -5.78. The van der Waals surface area contributed by atoms with E-state index >= 15 is 0 Å². The van der Waals surface area contributed by atoms with Crippen molar-refractivity contribution in [2.45, 2.75) is 0 Å². The Morgan fingerprint density at radius 3 is 1.33 bits per heavy atom. The number of fused-ring (bicyclic) bond motifs is 9. The Labute approximate surface area is 260 Å². The zero-order valence-corrected chi connectivity index (χ0v) is 24.6. The molecule has 0 N–H and O–H groups in total. The third-order valence-electron chi connectivity index (χ3n) is 8.83. The van der Waals surface area contributed by atoms with Crippen LogP contribution in [0.25, 0.3) is 97.7 Å². The number of benzene rings is 5. The van der Waals surface area contributed by atoms with Crippen molar-refractivity contribution in [1.29, 1.82) is 0 Å². The van der Waals surface area contributed by atoms with E-state index < -0.39 is 0 Å². The Morgan fingerprint density at radius 2 is 0.822 bits per heavy atom. The average Bonchev–Trinajstić information content (AvgIpc) is 3.78. The smallest absolute Gasteiger partial charge is 0.227 e. The van der Waals surface area contributed by atoms with Crippen LogP contribution in [0, 0.1) is 0 Å². The largest absolute Gasteiger partial charge is 0.438 e. The highest BCUT2D eigenvalue weighted by atomic mass is 32.1. The number of hydrogen-bond donors (Lipinski definition) is 0. The predicted molar refractivity (Wildman–Crippen MR) is 186 cm³/mol. The van der Waals surface area contributed by atoms with Crippen molar-refractivity contribution < 1.29 is 8.83 Å². The maximum absolute atomic E-state index is 5.97. The number of furan rings is 2. The lowest BCUT2D eigenvalue weighted by molar-refractivity contribution is 0.653. The molecule has 0 saturated heterocycles. The zero-order chi connectivity index (χ0) is 29.5. The third-order valence-corrected chi connectivity index (χ3v) is 9.98. The van der Waals surface area contributed by atoms with Gasteiger partial charge in [-0.15, -0.1) is 11.3 Å². The summed E-state index contributed by atoms with van der Waals surface area (Å²) in [6, 6.07) is 43.3. The molecule has 5 heteroatoms. The van der Waals surface area contributed by atoms with Gasteiger partial charge >= 0.3 is 0 Å². The molecule has 10 rings (SSSR count). The normalized spacial score (nSPS) is 12.0. The summed E-state index contributed by atoms with van der Waals surface area (Å²) in [5.74, 6) is 0. The van der Waals surface area contributed by atoms with Crippen LogP contribution in [0.4, 0.5) is 0 Å². The van der Waals surface area contributed by atoms with Gasteiger partial charge in [-0.3, -0.25) is 0 Å². The zero-order valence-electron chi connectivity index (χ0n) is 23.8. The Balaban J connectivity index is 1.07. The molecule has 0 unspecified atom stereocenters. The Kier molecular flexibility index (Phi) is 5.12. The van der Waals surface area contributed by atoms with Gasteiger partial charge in [0.1, 0.15) is 11.2 Å². The van der Waals surface area contributed by atoms with Gasteiger partial charge in [-0.05, 0) is 112 Å². The van der Waals surface area contributed by atoms with E-state index in [9.17, 15) is 0 Å². The molecule has 0 bridgehead atoms. The second-order valence-corrected chi connectivity index (χ2v) is 12.5. The molecule has 45 heavy (non-hydrogen) atoms. The van der Waals surface area contributed by atoms with Gasteiger partial charge in [0.15, 0.2) is 0 Å². The molecular formula is C40H22N2O2S. The van der Waals surface area contributed by atoms with Crippen molar-refractivity contribution in [3.63, 3.8) is 0 Å². The molecule has 10 aromatic rings. The fourth-order valence-corrected chi connectivity index (χ4v) is 7.66. The molecule has 0 fully saturated rings. The summed E-state index contributed by atoms with van der Waals surface area (Å²) in [6.45, 7) is 0. The first-order valence-electron chi connectivity index (χ1n) is 14.9. The predicted octanol–water partition coefficient (Wildman–Crippen LogP) is 11.6. The topological polar surface area (TPSA) is 52.1 Å². The summed E-state index contributed by atoms with van der Waals surface area (Å²) in [4.78, 5) is 8.78. The molecule has 0 aliphatic rings. The molecule has 0 aliphatic carbocycles. The fraction of sp³-hybridized carbons (Fsp3) is 0. The van der Waals surface area contributed by atoms with Crippen LogP contribution < -0.4 is 0 Å². The lowest BCUT2D eigenvalue weighted by atomic mass is 9.96. The van der Waals surface area contributed by atoms with E-state index in [2.05, 4.69) is 113 Å². The van der Waals surface area contributed by atoms with Gasteiger partial charge in [0.05, 0.1) is 0 Å². The van der Waals surface area contributed by atoms with E-state index in [0.717, 1.165) is 43.8 Å². The van der Waals surface area contributed by atoms with Gasteiger partial charge in [-0.1, -0.05) is 42.5 Å². The summed E-state index contributed by atoms with van der Waals surface area (Å²) in [5, 5.41) is 6.80. The highest BCUT2D eigenvalue weighted by molar-refractivity contribution is 7.25. The van der Waals surface area contributed by atoms with Gasteiger partial charge in [-0.2, -0.15) is 0 Å². The lowest BCUT2D eigenvalue weighted by Crippen LogP contribution is -1.82. The maximum Gasteiger partial charge on any atom is 0.227 e. The number of rotatable bonds is 3. The van der Waals surface area contributed by atoms with Crippen LogP contribution in [0.3, 0.4) is 0 Å². The Bertz CT molecular complexity index is 2780. The Morgan fingerprint density at radius 1 is 0.378 bits per heavy atom. The van der Waals surface area contributed by atoms with E-state index in [1.165, 1.54) is 42.4 Å². The van der Waals surface area contributed by atoms with Crippen LogP contribution in [-0.4, -0.2) is 9.97 Å². The number of pyridine rings is 2. The van der Waals surface area contributed by atoms with Gasteiger partial charge in [-0.25, -0.2) is 9.97 Å². The molecule has 0 radical (unpaired) electrons. The minimum atomic E-state index is 0.672. The van der Waals surface area contributed by atoms with Gasteiger partial charge in [0, 0.05) is 54.1 Å². The minimum Gasteiger partial charge on any atom is -0.438 e. The minimum absolute atomic E-state index is 0.672. The van der Waals surface area contributed by atoms with Crippen LogP contribution >= 0.6 is 11.3 Å². The second kappa shape index (κ2) is 9.36. The average molecular weight is 595 g/mol. The highest BCUT2D eigenvalue weighted by Gasteiger charge is 2.13. The first-order chi connectivity index (χ1) is 22.2. The fourth-order valence-electron chi connectivity index (χ4n) is 6.60. The molecule has 5 aromatic carbocycles. The van der Waals surface area contributed by atoms with Crippen molar-refractivity contribution in [2.75, 3.05) is 0 Å². The molecule has 4 nitrogen and oxygen atoms in total. The summed E-state index contributed by atoms with van der Waals surface area (Å²) in [6.07, 6.45) is 3.54. The van der Waals surface area contributed by atoms with Gasteiger partial charge in [0.2, 0.25) is 11.4 Å². The van der Waals surface area contributed by atoms with Crippen LogP contribution in [0.15, 0.2) is 143 Å². The number of thiophene rings is 1. The van der Waals surface area contributed by atoms with E-state index in [1.54, 1.807) is 12.4 Å². The standard InChI is InChI=1S/C40H22N2O2S/c1-4-23(25-8-12-35-31(19-25)29-6-2-16-41-39(29)43-35)18-24(5-1)27-10-14-37-33(21-27)34-22-28(11-15-38(34)45-37)26-9-13-36-32(20-26)30-7-3-17-42-40(30)44-36/h1-22H. The van der Waals surface area contributed by atoms with Gasteiger partial charge < -0.3 is 8.83 Å². The first kappa shape index (κ1) is 24.6. The molecule has 0 spiro atoms. The number of nitrogens with zero attached hydrogens (tertiary/aromatic N) is 2. The highest BCUT2D eigenvalue weighted by Crippen LogP contribution is 2.40. The van der Waals surface area contributed by atoms with E-state index in [4.69, 9.17) is 8.83 Å². The monoisotopic (exact) mass is 594 g/mol. The van der Waals surface area contributed by atoms with Crippen molar-refractivity contribution in [1.82, 2.24) is 9.97 Å². The summed E-state index contributed by atoms with van der Waals surface area (Å²) < 4.78 is 14.5. The van der Waals surface area contributed by atoms with Crippen molar-refractivity contribution in [3.8, 4) is 33.4 Å². The summed E-state index contributed by atoms with van der Waals surface area (Å²) in [7, 11) is 0. The third kappa shape index (κ3) is 3.84. The quantitative estimate of drug-likeness (QED) is 0.204. The molecule has 0 aliphatic heterocycles. The lowest BCUT2D eigenvalue weighted by Gasteiger charge is -2.07. The van der Waals surface area contributed by atoms with E-state index in [-0.39, 0.29) is 0 Å². The molecule has 5 aromatic heterocycles. The summed E-state index contributed by atoms with van der Waals surface area (Å²) >= 11 is 1.84. The van der Waals surface area contributed by atoms with E-state index in [0.29, 0.717) is 11.4 Å². The van der Waals surface area contributed by atoms with Crippen LogP contribution in [0.1, 0.15) is 0 Å². The first-order valence-corrected chi connectivity index (χ1v) is 15.7. The molecule has 0 amide bonds. The maximum atomic E-state index is 5.97. The SMILES string of the molecule is c1cc(-c2ccc3oc4ncccc4c3c2)cc(-c2ccc3sc4ccc(-c5ccc6oc7ncccc7c6c5)cc4c3c2)c1. The second-order valence-electron chi connectivity index (χ2n) is 11.4. The van der Waals surface area contributed by atoms with Crippen molar-refractivity contribution >= 4 is 75.6 Å². The van der Waals surface area contributed by atoms with Crippen molar-refractivity contribution in [2.24, 2.45) is 0 Å². The molecule has 0 saturated carbocycles. The van der Waals surface area contributed by atoms with Crippen LogP contribution in [-0.2, 0) is 0 Å². The molecular weight excluding hydrogens is 573 g/mol. The molecule has 5 heterocycles. The number of hydrogen-bond acceptors (Lipinski definition) is 5. The molecule has 0 atom stereocenters. The van der Waals surface area contributed by atoms with Crippen LogP contribution in [0.5, 0.6) is 0 Å². The molecule has 210 valence electrons. The van der Waals surface area contributed by atoms with Gasteiger partial charge in [0.25, 0.3) is 0 Å². The summed E-state index contributed by atoms with van der Waals surface area (Å²) in [5.41, 5.74) is 10.1. The van der Waals surface area contributed by atoms with Crippen molar-refractivity contribution in [3.05, 3.63) is 134 Å².